The third kappa shape index (κ3) is 32.7. The van der Waals surface area contributed by atoms with Gasteiger partial charge in [0.25, 0.3) is 0 Å². The Bertz CT molecular complexity index is 4120. The molecule has 7 aromatic carbocycles. The van der Waals surface area contributed by atoms with Gasteiger partial charge in [0.05, 0.1) is 80.1 Å². The van der Waals surface area contributed by atoms with Gasteiger partial charge in [0, 0.05) is 69.7 Å². The molecule has 0 fully saturated rings. The number of benzene rings is 7. The number of hydrogen-bond acceptors (Lipinski definition) is 11. The number of aromatic nitrogens is 10. The molecule has 0 saturated heterocycles. The van der Waals surface area contributed by atoms with Crippen LogP contribution in [0.3, 0.4) is 0 Å². The molecule has 0 unspecified atom stereocenters. The van der Waals surface area contributed by atoms with Crippen LogP contribution >= 0.6 is 22.7 Å². The van der Waals surface area contributed by atoms with Crippen molar-refractivity contribution in [3.8, 4) is 0 Å². The third-order valence-electron chi connectivity index (χ3n) is 13.6. The molecule has 0 aliphatic rings. The van der Waals surface area contributed by atoms with Gasteiger partial charge >= 0.3 is 0 Å². The molecule has 0 aliphatic carbocycles. The number of aryl methyl sites for hydroxylation is 7. The number of para-hydroxylation sites is 9. The summed E-state index contributed by atoms with van der Waals surface area (Å²) in [6.45, 7) is 63.8. The maximum absolute atomic E-state index is 5.26. The Labute approximate surface area is 673 Å². The molecule has 0 saturated carbocycles. The van der Waals surface area contributed by atoms with Crippen LogP contribution in [0.15, 0.2) is 234 Å². The molecule has 0 atom stereocenters. The van der Waals surface area contributed by atoms with E-state index in [1.165, 1.54) is 58.7 Å². The molecule has 110 heavy (non-hydrogen) atoms. The summed E-state index contributed by atoms with van der Waals surface area (Å²) in [5.74, 6) is 1.45. The van der Waals surface area contributed by atoms with Gasteiger partial charge < -0.3 is 22.5 Å². The van der Waals surface area contributed by atoms with Gasteiger partial charge in [-0.3, -0.25) is 15.0 Å². The largest absolute Gasteiger partial charge is 0.441 e. The summed E-state index contributed by atoms with van der Waals surface area (Å²) in [4.78, 5) is 30.2. The van der Waals surface area contributed by atoms with E-state index in [0.29, 0.717) is 0 Å². The van der Waals surface area contributed by atoms with E-state index in [1.807, 2.05) is 343 Å². The number of fused-ring (bicyclic) bond motifs is 13. The minimum Gasteiger partial charge on any atom is -0.441 e. The zero-order chi connectivity index (χ0) is 84.5. The summed E-state index contributed by atoms with van der Waals surface area (Å²) in [5.41, 5.74) is 16.4. The van der Waals surface area contributed by atoms with E-state index in [0.717, 1.165) is 71.6 Å². The van der Waals surface area contributed by atoms with Crippen molar-refractivity contribution in [3.63, 3.8) is 0 Å². The predicted octanol–water partition coefficient (Wildman–Crippen LogP) is 32.0. The monoisotopic (exact) mass is 1530 g/mol. The highest BCUT2D eigenvalue weighted by Crippen LogP contribution is 2.28. The number of rotatable bonds is 0. The molecule has 17 rings (SSSR count). The van der Waals surface area contributed by atoms with Gasteiger partial charge in [-0.05, 0) is 117 Å². The van der Waals surface area contributed by atoms with E-state index in [4.69, 9.17) is 8.83 Å². The van der Waals surface area contributed by atoms with Crippen LogP contribution in [-0.4, -0.2) is 48.6 Å². The summed E-state index contributed by atoms with van der Waals surface area (Å²) in [6.07, 6.45) is 5.53. The van der Waals surface area contributed by atoms with Crippen LogP contribution in [0.2, 0.25) is 0 Å². The summed E-state index contributed by atoms with van der Waals surface area (Å²) in [7, 11) is 6.23. The predicted molar refractivity (Wildman–Crippen MR) is 500 cm³/mol. The molecule has 0 amide bonds. The average Bonchev–Trinajstić information content (AvgIpc) is 1.64. The first-order chi connectivity index (χ1) is 54.1. The summed E-state index contributed by atoms with van der Waals surface area (Å²) < 4.78 is 19.6. The maximum atomic E-state index is 5.26. The molecular formula is C96H142N10O2S2. The Hall–Kier alpha value is -9.89. The van der Waals surface area contributed by atoms with Crippen LogP contribution in [0, 0.1) is 27.7 Å². The number of nitrogens with zero attached hydrogens (tertiary/aromatic N) is 10. The fraction of sp³-hybridized carbons (Fsp3) is 0.365. The van der Waals surface area contributed by atoms with Crippen molar-refractivity contribution >= 4 is 131 Å². The fourth-order valence-corrected chi connectivity index (χ4v) is 11.5. The van der Waals surface area contributed by atoms with Gasteiger partial charge in [0.2, 0.25) is 0 Å². The third-order valence-corrected chi connectivity index (χ3v) is 15.5. The van der Waals surface area contributed by atoms with E-state index in [1.54, 1.807) is 22.7 Å². The molecule has 10 heterocycles. The molecule has 0 N–H and O–H groups in total. The van der Waals surface area contributed by atoms with Gasteiger partial charge in [-0.1, -0.05) is 297 Å². The quantitative estimate of drug-likeness (QED) is 0.146. The van der Waals surface area contributed by atoms with Crippen molar-refractivity contribution in [2.24, 2.45) is 21.1 Å². The van der Waals surface area contributed by atoms with Gasteiger partial charge in [0.1, 0.15) is 11.0 Å². The van der Waals surface area contributed by atoms with Crippen molar-refractivity contribution in [2.75, 3.05) is 0 Å². The summed E-state index contributed by atoms with van der Waals surface area (Å²) in [6, 6.07) is 69.1. The van der Waals surface area contributed by atoms with Crippen LogP contribution < -0.4 is 0 Å². The minimum atomic E-state index is 0.723. The minimum absolute atomic E-state index is 0.723. The van der Waals surface area contributed by atoms with Gasteiger partial charge in [-0.2, -0.15) is 0 Å². The van der Waals surface area contributed by atoms with Gasteiger partial charge in [0.15, 0.2) is 22.9 Å². The second kappa shape index (κ2) is 67.2. The maximum Gasteiger partial charge on any atom is 0.192 e. The Balaban J connectivity index is -0.000000567. The highest BCUT2D eigenvalue weighted by Gasteiger charge is 2.09. The SMILES string of the molecule is CC.CC.CC.CC.CC.CC.CC.CC.CC.CC.CC.CC.CC.CC.Cc1nc2ccccc2o1.Cc1nc2ccccc2o1.Cc1nc2ccccc2s1.Cc1nc2ccccc2s1.Cn1c2ccccc2c2ncccc21.Cn1c2ccccc2c2ncccc21.Cn1c2ccccc2c2ncccc21. The van der Waals surface area contributed by atoms with E-state index in [-0.39, 0.29) is 0 Å². The van der Waals surface area contributed by atoms with Crippen molar-refractivity contribution in [3.05, 3.63) is 247 Å². The molecule has 14 heteroatoms. The summed E-state index contributed by atoms with van der Waals surface area (Å²) >= 11 is 3.48. The van der Waals surface area contributed by atoms with Gasteiger partial charge in [-0.25, -0.2) is 19.9 Å². The Morgan fingerprint density at radius 2 is 0.455 bits per heavy atom. The lowest BCUT2D eigenvalue weighted by atomic mass is 10.2. The number of oxazole rings is 2. The fourth-order valence-electron chi connectivity index (χ4n) is 9.86. The van der Waals surface area contributed by atoms with Crippen LogP contribution in [0.1, 0.15) is 216 Å². The molecule has 10 aromatic heterocycles. The van der Waals surface area contributed by atoms with Crippen LogP contribution in [0.5, 0.6) is 0 Å². The molecular weight excluding hydrogens is 1390 g/mol. The van der Waals surface area contributed by atoms with E-state index < -0.39 is 0 Å². The smallest absolute Gasteiger partial charge is 0.192 e. The highest BCUT2D eigenvalue weighted by molar-refractivity contribution is 7.18. The molecule has 12 nitrogen and oxygen atoms in total. The first kappa shape index (κ1) is 106. The average molecular weight is 1530 g/mol. The number of thiazole rings is 2. The van der Waals surface area contributed by atoms with Crippen LogP contribution in [-0.2, 0) is 21.1 Å². The zero-order valence-electron chi connectivity index (χ0n) is 74.5. The Morgan fingerprint density at radius 3 is 0.709 bits per heavy atom. The number of hydrogen-bond donors (Lipinski definition) is 0. The lowest BCUT2D eigenvalue weighted by Gasteiger charge is -1.95. The first-order valence-corrected chi connectivity index (χ1v) is 42.3. The van der Waals surface area contributed by atoms with E-state index >= 15 is 0 Å². The van der Waals surface area contributed by atoms with Crippen molar-refractivity contribution in [2.45, 2.75) is 222 Å². The molecule has 600 valence electrons. The van der Waals surface area contributed by atoms with Gasteiger partial charge in [-0.15, -0.1) is 22.7 Å². The van der Waals surface area contributed by atoms with E-state index in [9.17, 15) is 0 Å². The van der Waals surface area contributed by atoms with Crippen molar-refractivity contribution < 1.29 is 8.83 Å². The summed E-state index contributed by atoms with van der Waals surface area (Å²) in [5, 5.41) is 5.96. The topological polar surface area (TPSA) is 131 Å². The molecule has 0 radical (unpaired) electrons. The normalized spacial score (nSPS) is 8.86. The molecule has 0 spiro atoms. The van der Waals surface area contributed by atoms with Crippen molar-refractivity contribution in [1.82, 2.24) is 48.6 Å². The standard InChI is InChI=1S/3C12H10N2.2C8H7NO.2C8H7NS.14C2H6/c3*1-14-10-6-3-2-5-9(10)12-11(14)7-4-8-13-12;4*1-6-9-7-4-2-3-5-8(7)10-6;14*1-2/h3*2-8H,1H3;4*2-5H,1H3;14*1-2H3. The molecule has 0 aliphatic heterocycles. The molecule has 17 aromatic rings. The second-order valence-electron chi connectivity index (χ2n) is 19.1. The molecule has 0 bridgehead atoms. The lowest BCUT2D eigenvalue weighted by molar-refractivity contribution is 0.560. The van der Waals surface area contributed by atoms with Crippen LogP contribution in [0.4, 0.5) is 0 Å². The first-order valence-electron chi connectivity index (χ1n) is 40.7. The Morgan fingerprint density at radius 1 is 0.236 bits per heavy atom. The van der Waals surface area contributed by atoms with Crippen LogP contribution in [0.25, 0.3) is 108 Å². The van der Waals surface area contributed by atoms with E-state index in [2.05, 4.69) is 173 Å². The lowest BCUT2D eigenvalue weighted by Crippen LogP contribution is -1.85. The Kier molecular flexibility index (Phi) is 65.1. The highest BCUT2D eigenvalue weighted by atomic mass is 32.1. The second-order valence-corrected chi connectivity index (χ2v) is 21.6. The number of pyridine rings is 3. The van der Waals surface area contributed by atoms with Crippen molar-refractivity contribution in [1.29, 1.82) is 0 Å². The zero-order valence-corrected chi connectivity index (χ0v) is 76.1.